The second-order valence-electron chi connectivity index (χ2n) is 2.58. The third-order valence-corrected chi connectivity index (χ3v) is 2.66. The van der Waals surface area contributed by atoms with Crippen molar-refractivity contribution in [2.45, 2.75) is 13.0 Å². The van der Waals surface area contributed by atoms with Crippen LogP contribution in [-0.4, -0.2) is 20.3 Å². The van der Waals surface area contributed by atoms with Crippen molar-refractivity contribution in [3.05, 3.63) is 22.4 Å². The molecule has 0 spiro atoms. The van der Waals surface area contributed by atoms with Crippen LogP contribution in [0, 0.1) is 0 Å². The molecule has 0 radical (unpaired) electrons. The molecule has 0 aliphatic heterocycles. The van der Waals surface area contributed by atoms with Crippen LogP contribution >= 0.6 is 11.3 Å². The summed E-state index contributed by atoms with van der Waals surface area (Å²) in [5.74, 6) is 0. The highest BCUT2D eigenvalue weighted by Crippen LogP contribution is 2.18. The van der Waals surface area contributed by atoms with Gasteiger partial charge in [0.2, 0.25) is 0 Å². The van der Waals surface area contributed by atoms with Crippen LogP contribution in [0.5, 0.6) is 0 Å². The summed E-state index contributed by atoms with van der Waals surface area (Å²) in [5.41, 5.74) is 0. The number of methoxy groups -OCH3 is 1. The molecule has 0 saturated heterocycles. The fourth-order valence-electron chi connectivity index (χ4n) is 1.14. The van der Waals surface area contributed by atoms with E-state index in [1.54, 1.807) is 18.4 Å². The lowest BCUT2D eigenvalue weighted by Crippen LogP contribution is -2.23. The predicted molar refractivity (Wildman–Crippen MR) is 52.6 cm³/mol. The van der Waals surface area contributed by atoms with E-state index in [4.69, 9.17) is 4.74 Å². The molecule has 1 aromatic heterocycles. The number of ether oxygens (including phenoxy) is 1. The Kier molecular flexibility index (Phi) is 4.29. The molecule has 0 aliphatic carbocycles. The molecule has 3 heteroatoms. The van der Waals surface area contributed by atoms with Crippen LogP contribution in [0.2, 0.25) is 0 Å². The molecule has 0 aliphatic rings. The first-order chi connectivity index (χ1) is 5.88. The van der Waals surface area contributed by atoms with Gasteiger partial charge in [-0.2, -0.15) is 0 Å². The number of likely N-dealkylation sites (N-methyl/N-ethyl adjacent to an activating group) is 1. The molecule has 0 amide bonds. The van der Waals surface area contributed by atoms with E-state index < -0.39 is 0 Å². The van der Waals surface area contributed by atoms with Crippen molar-refractivity contribution in [3.8, 4) is 0 Å². The van der Waals surface area contributed by atoms with Gasteiger partial charge in [-0.25, -0.2) is 0 Å². The van der Waals surface area contributed by atoms with Crippen molar-refractivity contribution < 1.29 is 4.74 Å². The smallest absolute Gasteiger partial charge is 0.0665 e. The number of rotatable bonds is 5. The first-order valence-electron chi connectivity index (χ1n) is 4.14. The van der Waals surface area contributed by atoms with E-state index in [2.05, 4.69) is 29.8 Å². The Morgan fingerprint density at radius 3 is 3.00 bits per heavy atom. The molecule has 1 unspecified atom stereocenters. The lowest BCUT2D eigenvalue weighted by molar-refractivity contribution is 0.169. The molecule has 68 valence electrons. The van der Waals surface area contributed by atoms with Crippen LogP contribution < -0.4 is 5.32 Å². The van der Waals surface area contributed by atoms with Crippen molar-refractivity contribution in [1.29, 1.82) is 0 Å². The highest BCUT2D eigenvalue weighted by Gasteiger charge is 2.09. The molecule has 1 N–H and O–H groups in total. The zero-order valence-corrected chi connectivity index (χ0v) is 8.36. The minimum Gasteiger partial charge on any atom is -0.383 e. The highest BCUT2D eigenvalue weighted by molar-refractivity contribution is 7.10. The van der Waals surface area contributed by atoms with Gasteiger partial charge < -0.3 is 10.1 Å². The summed E-state index contributed by atoms with van der Waals surface area (Å²) < 4.78 is 5.12. The van der Waals surface area contributed by atoms with E-state index in [1.807, 2.05) is 0 Å². The Balaban J connectivity index is 2.53. The maximum atomic E-state index is 5.12. The summed E-state index contributed by atoms with van der Waals surface area (Å²) in [6.07, 6.45) is 0. The third-order valence-electron chi connectivity index (χ3n) is 1.67. The second kappa shape index (κ2) is 5.30. The zero-order valence-electron chi connectivity index (χ0n) is 7.54. The molecule has 1 atom stereocenters. The topological polar surface area (TPSA) is 21.3 Å². The molecular weight excluding hydrogens is 170 g/mol. The third kappa shape index (κ3) is 2.59. The molecule has 0 aromatic carbocycles. The van der Waals surface area contributed by atoms with Crippen LogP contribution in [-0.2, 0) is 4.74 Å². The lowest BCUT2D eigenvalue weighted by Gasteiger charge is -2.14. The van der Waals surface area contributed by atoms with Gasteiger partial charge in [-0.05, 0) is 18.0 Å². The Morgan fingerprint density at radius 1 is 1.67 bits per heavy atom. The molecule has 2 nitrogen and oxygen atoms in total. The van der Waals surface area contributed by atoms with Crippen molar-refractivity contribution in [2.75, 3.05) is 20.3 Å². The summed E-state index contributed by atoms with van der Waals surface area (Å²) in [7, 11) is 1.73. The second-order valence-corrected chi connectivity index (χ2v) is 3.56. The summed E-state index contributed by atoms with van der Waals surface area (Å²) in [5, 5.41) is 5.46. The fraction of sp³-hybridized carbons (Fsp3) is 0.556. The summed E-state index contributed by atoms with van der Waals surface area (Å²) in [4.78, 5) is 1.35. The minimum atomic E-state index is 0.361. The molecule has 0 saturated carbocycles. The molecule has 0 bridgehead atoms. The number of nitrogens with one attached hydrogen (secondary N) is 1. The normalized spacial score (nSPS) is 13.2. The summed E-state index contributed by atoms with van der Waals surface area (Å²) in [6, 6.07) is 4.57. The summed E-state index contributed by atoms with van der Waals surface area (Å²) in [6.45, 7) is 3.83. The maximum absolute atomic E-state index is 5.12. The first kappa shape index (κ1) is 9.71. The Labute approximate surface area is 77.6 Å². The van der Waals surface area contributed by atoms with E-state index in [-0.39, 0.29) is 0 Å². The van der Waals surface area contributed by atoms with E-state index in [0.29, 0.717) is 6.04 Å². The van der Waals surface area contributed by atoms with Crippen LogP contribution in [0.15, 0.2) is 17.5 Å². The van der Waals surface area contributed by atoms with E-state index in [0.717, 1.165) is 13.2 Å². The SMILES string of the molecule is CCNC(COC)c1cccs1. The van der Waals surface area contributed by atoms with Gasteiger partial charge in [0.05, 0.1) is 12.6 Å². The maximum Gasteiger partial charge on any atom is 0.0665 e. The molecular formula is C9H15NOS. The van der Waals surface area contributed by atoms with E-state index >= 15 is 0 Å². The molecule has 1 heterocycles. The molecule has 12 heavy (non-hydrogen) atoms. The number of hydrogen-bond donors (Lipinski definition) is 1. The van der Waals surface area contributed by atoms with Crippen LogP contribution in [0.4, 0.5) is 0 Å². The fourth-order valence-corrected chi connectivity index (χ4v) is 1.93. The number of thiophene rings is 1. The average molecular weight is 185 g/mol. The van der Waals surface area contributed by atoms with Crippen LogP contribution in [0.25, 0.3) is 0 Å². The van der Waals surface area contributed by atoms with E-state index in [9.17, 15) is 0 Å². The van der Waals surface area contributed by atoms with Gasteiger partial charge in [0.1, 0.15) is 0 Å². The van der Waals surface area contributed by atoms with Gasteiger partial charge in [0.25, 0.3) is 0 Å². The standard InChI is InChI=1S/C9H15NOS/c1-3-10-8(7-11-2)9-5-4-6-12-9/h4-6,8,10H,3,7H2,1-2H3. The minimum absolute atomic E-state index is 0.361. The quantitative estimate of drug-likeness (QED) is 0.758. The van der Waals surface area contributed by atoms with E-state index in [1.165, 1.54) is 4.88 Å². The van der Waals surface area contributed by atoms with Crippen LogP contribution in [0.1, 0.15) is 17.8 Å². The Bertz CT molecular complexity index is 192. The highest BCUT2D eigenvalue weighted by atomic mass is 32.1. The van der Waals surface area contributed by atoms with Crippen molar-refractivity contribution in [2.24, 2.45) is 0 Å². The van der Waals surface area contributed by atoms with Gasteiger partial charge in [0, 0.05) is 12.0 Å². The molecule has 1 aromatic rings. The zero-order chi connectivity index (χ0) is 8.81. The average Bonchev–Trinajstić information content (AvgIpc) is 2.56. The Hall–Kier alpha value is -0.380. The number of hydrogen-bond acceptors (Lipinski definition) is 3. The van der Waals surface area contributed by atoms with Crippen molar-refractivity contribution in [3.63, 3.8) is 0 Å². The van der Waals surface area contributed by atoms with Crippen molar-refractivity contribution >= 4 is 11.3 Å². The van der Waals surface area contributed by atoms with Gasteiger partial charge in [-0.15, -0.1) is 11.3 Å². The van der Waals surface area contributed by atoms with Gasteiger partial charge in [-0.1, -0.05) is 13.0 Å². The van der Waals surface area contributed by atoms with Crippen molar-refractivity contribution in [1.82, 2.24) is 5.32 Å². The van der Waals surface area contributed by atoms with Gasteiger partial charge in [-0.3, -0.25) is 0 Å². The lowest BCUT2D eigenvalue weighted by atomic mass is 10.2. The molecule has 0 fully saturated rings. The largest absolute Gasteiger partial charge is 0.383 e. The van der Waals surface area contributed by atoms with Gasteiger partial charge in [0.15, 0.2) is 0 Å². The monoisotopic (exact) mass is 185 g/mol. The summed E-state index contributed by atoms with van der Waals surface area (Å²) >= 11 is 1.77. The Morgan fingerprint density at radius 2 is 2.50 bits per heavy atom. The van der Waals surface area contributed by atoms with Gasteiger partial charge >= 0.3 is 0 Å². The molecule has 1 rings (SSSR count). The predicted octanol–water partition coefficient (Wildman–Crippen LogP) is 2.05. The first-order valence-corrected chi connectivity index (χ1v) is 5.02. The van der Waals surface area contributed by atoms with Crippen LogP contribution in [0.3, 0.4) is 0 Å².